The van der Waals surface area contributed by atoms with Crippen molar-refractivity contribution in [2.24, 2.45) is 0 Å². The average Bonchev–Trinajstić information content (AvgIpc) is 2.91. The standard InChI is InChI=1S/C12H12N4O4/c1-2-20-10-6-4-3-5-8(10)14-12(17)11-9(16(18)19)7-13-15-11/h3-7H,2H2,1H3,(H,13,15)(H,14,17). The van der Waals surface area contributed by atoms with Gasteiger partial charge < -0.3 is 10.1 Å². The number of amides is 1. The molecule has 2 aromatic rings. The molecular weight excluding hydrogens is 264 g/mol. The number of aromatic nitrogens is 2. The minimum absolute atomic E-state index is 0.207. The fraction of sp³-hybridized carbons (Fsp3) is 0.167. The van der Waals surface area contributed by atoms with E-state index in [1.165, 1.54) is 0 Å². The summed E-state index contributed by atoms with van der Waals surface area (Å²) in [6.45, 7) is 2.26. The van der Waals surface area contributed by atoms with Crippen LogP contribution in [0.1, 0.15) is 17.4 Å². The Kier molecular flexibility index (Phi) is 3.94. The van der Waals surface area contributed by atoms with E-state index in [2.05, 4.69) is 15.5 Å². The lowest BCUT2D eigenvalue weighted by atomic mass is 10.2. The number of nitrogens with zero attached hydrogens (tertiary/aromatic N) is 2. The minimum atomic E-state index is -0.674. The number of nitro groups is 1. The quantitative estimate of drug-likeness (QED) is 0.640. The topological polar surface area (TPSA) is 110 Å². The SMILES string of the molecule is CCOc1ccccc1NC(=O)c1[nH]ncc1[N+](=O)[O-]. The van der Waals surface area contributed by atoms with Crippen LogP contribution in [0, 0.1) is 10.1 Å². The molecule has 20 heavy (non-hydrogen) atoms. The molecule has 8 heteroatoms. The molecule has 0 fully saturated rings. The molecule has 104 valence electrons. The third kappa shape index (κ3) is 2.74. The number of hydrogen-bond donors (Lipinski definition) is 2. The number of ether oxygens (including phenoxy) is 1. The summed E-state index contributed by atoms with van der Waals surface area (Å²) in [7, 11) is 0. The van der Waals surface area contributed by atoms with E-state index in [0.717, 1.165) is 6.20 Å². The molecule has 0 saturated heterocycles. The lowest BCUT2D eigenvalue weighted by molar-refractivity contribution is -0.385. The Balaban J connectivity index is 2.24. The van der Waals surface area contributed by atoms with E-state index in [1.807, 2.05) is 6.92 Å². The van der Waals surface area contributed by atoms with Gasteiger partial charge in [-0.1, -0.05) is 12.1 Å². The van der Waals surface area contributed by atoms with Crippen molar-refractivity contribution >= 4 is 17.3 Å². The van der Waals surface area contributed by atoms with Gasteiger partial charge in [-0.25, -0.2) is 0 Å². The summed E-state index contributed by atoms with van der Waals surface area (Å²) in [5.74, 6) is -0.160. The highest BCUT2D eigenvalue weighted by molar-refractivity contribution is 6.06. The summed E-state index contributed by atoms with van der Waals surface area (Å²) < 4.78 is 5.36. The number of carbonyl (C=O) groups excluding carboxylic acids is 1. The van der Waals surface area contributed by atoms with Crippen LogP contribution >= 0.6 is 0 Å². The lowest BCUT2D eigenvalue weighted by Crippen LogP contribution is -2.15. The van der Waals surface area contributed by atoms with Crippen LogP contribution in [0.3, 0.4) is 0 Å². The highest BCUT2D eigenvalue weighted by Crippen LogP contribution is 2.25. The minimum Gasteiger partial charge on any atom is -0.492 e. The normalized spacial score (nSPS) is 10.1. The summed E-state index contributed by atoms with van der Waals surface area (Å²) in [4.78, 5) is 22.1. The number of anilines is 1. The number of aromatic amines is 1. The van der Waals surface area contributed by atoms with Crippen LogP contribution in [-0.4, -0.2) is 27.6 Å². The molecule has 1 heterocycles. The zero-order chi connectivity index (χ0) is 14.5. The highest BCUT2D eigenvalue weighted by atomic mass is 16.6. The molecule has 0 aliphatic rings. The maximum absolute atomic E-state index is 12.0. The largest absolute Gasteiger partial charge is 0.492 e. The maximum Gasteiger partial charge on any atom is 0.319 e. The average molecular weight is 276 g/mol. The summed E-state index contributed by atoms with van der Waals surface area (Å²) in [5.41, 5.74) is -0.152. The fourth-order valence-electron chi connectivity index (χ4n) is 1.62. The van der Waals surface area contributed by atoms with Gasteiger partial charge in [-0.3, -0.25) is 20.0 Å². The molecule has 1 aromatic carbocycles. The second-order valence-electron chi connectivity index (χ2n) is 3.77. The van der Waals surface area contributed by atoms with Gasteiger partial charge in [0, 0.05) is 0 Å². The van der Waals surface area contributed by atoms with Crippen LogP contribution in [0.2, 0.25) is 0 Å². The Hall–Kier alpha value is -2.90. The van der Waals surface area contributed by atoms with Crippen LogP contribution in [-0.2, 0) is 0 Å². The third-order valence-corrected chi connectivity index (χ3v) is 2.48. The first-order chi connectivity index (χ1) is 9.63. The zero-order valence-corrected chi connectivity index (χ0v) is 10.6. The molecule has 0 aliphatic heterocycles. The molecular formula is C12H12N4O4. The molecule has 2 rings (SSSR count). The van der Waals surface area contributed by atoms with Gasteiger partial charge in [0.2, 0.25) is 5.69 Å². The number of nitrogens with one attached hydrogen (secondary N) is 2. The van der Waals surface area contributed by atoms with Crippen LogP contribution < -0.4 is 10.1 Å². The van der Waals surface area contributed by atoms with Gasteiger partial charge >= 0.3 is 5.69 Å². The predicted octanol–water partition coefficient (Wildman–Crippen LogP) is 1.97. The van der Waals surface area contributed by atoms with Crippen molar-refractivity contribution in [3.05, 3.63) is 46.3 Å². The molecule has 0 unspecified atom stereocenters. The Bertz CT molecular complexity index is 638. The lowest BCUT2D eigenvalue weighted by Gasteiger charge is -2.10. The molecule has 0 spiro atoms. The summed E-state index contributed by atoms with van der Waals surface area (Å²) in [6, 6.07) is 6.82. The molecule has 1 amide bonds. The number of H-pyrrole nitrogens is 1. The van der Waals surface area contributed by atoms with Crippen LogP contribution in [0.25, 0.3) is 0 Å². The van der Waals surface area contributed by atoms with Crippen molar-refractivity contribution < 1.29 is 14.5 Å². The van der Waals surface area contributed by atoms with Crippen LogP contribution in [0.15, 0.2) is 30.5 Å². The summed E-state index contributed by atoms with van der Waals surface area (Å²) >= 11 is 0. The second kappa shape index (κ2) is 5.83. The predicted molar refractivity (Wildman–Crippen MR) is 70.8 cm³/mol. The molecule has 0 bridgehead atoms. The van der Waals surface area contributed by atoms with Gasteiger partial charge in [-0.2, -0.15) is 5.10 Å². The van der Waals surface area contributed by atoms with Crippen molar-refractivity contribution in [3.8, 4) is 5.75 Å². The molecule has 1 aromatic heterocycles. The van der Waals surface area contributed by atoms with E-state index in [0.29, 0.717) is 18.0 Å². The first kappa shape index (κ1) is 13.5. The Morgan fingerprint density at radius 3 is 2.95 bits per heavy atom. The van der Waals surface area contributed by atoms with E-state index in [-0.39, 0.29) is 11.4 Å². The number of hydrogen-bond acceptors (Lipinski definition) is 5. The van der Waals surface area contributed by atoms with Gasteiger partial charge in [0.1, 0.15) is 11.9 Å². The first-order valence-corrected chi connectivity index (χ1v) is 5.84. The number of para-hydroxylation sites is 2. The maximum atomic E-state index is 12.0. The van der Waals surface area contributed by atoms with E-state index in [1.54, 1.807) is 24.3 Å². The molecule has 0 atom stereocenters. The van der Waals surface area contributed by atoms with Crippen LogP contribution in [0.4, 0.5) is 11.4 Å². The summed E-state index contributed by atoms with van der Waals surface area (Å²) in [6.07, 6.45) is 0.989. The number of rotatable bonds is 5. The highest BCUT2D eigenvalue weighted by Gasteiger charge is 2.23. The molecule has 2 N–H and O–H groups in total. The van der Waals surface area contributed by atoms with Crippen molar-refractivity contribution in [1.29, 1.82) is 0 Å². The van der Waals surface area contributed by atoms with Crippen LogP contribution in [0.5, 0.6) is 5.75 Å². The van der Waals surface area contributed by atoms with E-state index in [9.17, 15) is 14.9 Å². The first-order valence-electron chi connectivity index (χ1n) is 5.84. The van der Waals surface area contributed by atoms with Gasteiger partial charge in [0.15, 0.2) is 0 Å². The third-order valence-electron chi connectivity index (χ3n) is 2.48. The number of benzene rings is 1. The number of carbonyl (C=O) groups is 1. The van der Waals surface area contributed by atoms with Crippen molar-refractivity contribution in [1.82, 2.24) is 10.2 Å². The van der Waals surface area contributed by atoms with Crippen molar-refractivity contribution in [2.45, 2.75) is 6.92 Å². The van der Waals surface area contributed by atoms with Gasteiger partial charge in [0.25, 0.3) is 5.91 Å². The Morgan fingerprint density at radius 1 is 1.50 bits per heavy atom. The van der Waals surface area contributed by atoms with E-state index in [4.69, 9.17) is 4.74 Å². The van der Waals surface area contributed by atoms with Gasteiger partial charge in [-0.05, 0) is 19.1 Å². The van der Waals surface area contributed by atoms with Gasteiger partial charge in [-0.15, -0.1) is 0 Å². The van der Waals surface area contributed by atoms with Crippen molar-refractivity contribution in [2.75, 3.05) is 11.9 Å². The second-order valence-corrected chi connectivity index (χ2v) is 3.77. The molecule has 0 saturated carbocycles. The fourth-order valence-corrected chi connectivity index (χ4v) is 1.62. The van der Waals surface area contributed by atoms with Gasteiger partial charge in [0.05, 0.1) is 17.2 Å². The molecule has 8 nitrogen and oxygen atoms in total. The Morgan fingerprint density at radius 2 is 2.25 bits per heavy atom. The molecule has 0 aliphatic carbocycles. The smallest absolute Gasteiger partial charge is 0.319 e. The monoisotopic (exact) mass is 276 g/mol. The molecule has 0 radical (unpaired) electrons. The van der Waals surface area contributed by atoms with Crippen molar-refractivity contribution in [3.63, 3.8) is 0 Å². The van der Waals surface area contributed by atoms with E-state index < -0.39 is 10.8 Å². The zero-order valence-electron chi connectivity index (χ0n) is 10.6. The Labute approximate surface area is 113 Å². The summed E-state index contributed by atoms with van der Waals surface area (Å²) in [5, 5.41) is 19.1. The van der Waals surface area contributed by atoms with E-state index >= 15 is 0 Å².